The molecule has 1 aliphatic rings. The summed E-state index contributed by atoms with van der Waals surface area (Å²) >= 11 is 0. The third-order valence-electron chi connectivity index (χ3n) is 6.51. The van der Waals surface area contributed by atoms with Crippen molar-refractivity contribution in [3.05, 3.63) is 107 Å². The zero-order chi connectivity index (χ0) is 26.1. The van der Waals surface area contributed by atoms with E-state index in [0.717, 1.165) is 22.0 Å². The molecule has 1 fully saturated rings. The number of carbonyl (C=O) groups is 2. The summed E-state index contributed by atoms with van der Waals surface area (Å²) in [5.74, 6) is -1.37. The molecule has 0 bridgehead atoms. The molecule has 2 heterocycles. The molecular weight excluding hydrogens is 471 g/mol. The number of aromatic amines is 1. The smallest absolute Gasteiger partial charge is 0.295 e. The molecule has 188 valence electrons. The van der Waals surface area contributed by atoms with Gasteiger partial charge >= 0.3 is 0 Å². The highest BCUT2D eigenvalue weighted by Gasteiger charge is 2.46. The summed E-state index contributed by atoms with van der Waals surface area (Å²) in [6, 6.07) is 19.7. The standard InChI is InChI=1S/C30H27FN2O4/c1-18(2)37-22-13-9-20(10-14-22)28(34)26-27(24-17-32-25-6-4-3-5-23(24)25)33(30(36)29(26)35)16-15-19-7-11-21(31)12-8-19/h3-14,17-18,27,32,34H,15-16H2,1-2H3/b28-26+. The first-order valence-electron chi connectivity index (χ1n) is 12.2. The minimum absolute atomic E-state index is 0.00671. The molecule has 6 nitrogen and oxygen atoms in total. The molecule has 0 spiro atoms. The molecule has 1 atom stereocenters. The summed E-state index contributed by atoms with van der Waals surface area (Å²) in [6.07, 6.45) is 2.19. The average molecular weight is 499 g/mol. The Labute approximate surface area is 214 Å². The normalized spacial score (nSPS) is 17.2. The van der Waals surface area contributed by atoms with Crippen LogP contribution < -0.4 is 4.74 Å². The molecule has 1 saturated heterocycles. The van der Waals surface area contributed by atoms with Crippen LogP contribution in [-0.2, 0) is 16.0 Å². The first-order chi connectivity index (χ1) is 17.8. The second-order valence-corrected chi connectivity index (χ2v) is 9.35. The van der Waals surface area contributed by atoms with Crippen molar-refractivity contribution in [1.82, 2.24) is 9.88 Å². The maximum absolute atomic E-state index is 13.4. The molecule has 7 heteroatoms. The van der Waals surface area contributed by atoms with E-state index in [0.29, 0.717) is 17.7 Å². The maximum atomic E-state index is 13.4. The first-order valence-corrected chi connectivity index (χ1v) is 12.2. The maximum Gasteiger partial charge on any atom is 0.295 e. The van der Waals surface area contributed by atoms with Gasteiger partial charge in [-0.3, -0.25) is 9.59 Å². The first kappa shape index (κ1) is 24.3. The summed E-state index contributed by atoms with van der Waals surface area (Å²) in [5.41, 5.74) is 2.86. The lowest BCUT2D eigenvalue weighted by molar-refractivity contribution is -0.139. The van der Waals surface area contributed by atoms with Crippen LogP contribution in [0.25, 0.3) is 16.7 Å². The number of hydrogen-bond donors (Lipinski definition) is 2. The van der Waals surface area contributed by atoms with E-state index in [-0.39, 0.29) is 29.8 Å². The number of fused-ring (bicyclic) bond motifs is 1. The number of ether oxygens (including phenoxy) is 1. The number of aliphatic hydroxyl groups is 1. The fraction of sp³-hybridized carbons (Fsp3) is 0.200. The number of aliphatic hydroxyl groups excluding tert-OH is 1. The molecule has 2 N–H and O–H groups in total. The molecule has 5 rings (SSSR count). The van der Waals surface area contributed by atoms with Crippen LogP contribution in [0.3, 0.4) is 0 Å². The number of H-pyrrole nitrogens is 1. The highest BCUT2D eigenvalue weighted by Crippen LogP contribution is 2.42. The van der Waals surface area contributed by atoms with Crippen molar-refractivity contribution in [2.24, 2.45) is 0 Å². The number of nitrogens with one attached hydrogen (secondary N) is 1. The van der Waals surface area contributed by atoms with Gasteiger partial charge in [-0.2, -0.15) is 0 Å². The Balaban J connectivity index is 1.58. The van der Waals surface area contributed by atoms with Gasteiger partial charge in [0, 0.05) is 34.8 Å². The Morgan fingerprint density at radius 3 is 2.43 bits per heavy atom. The second kappa shape index (κ2) is 9.93. The van der Waals surface area contributed by atoms with Crippen LogP contribution in [0.2, 0.25) is 0 Å². The lowest BCUT2D eigenvalue weighted by atomic mass is 9.94. The lowest BCUT2D eigenvalue weighted by Crippen LogP contribution is -2.31. The number of Topliss-reactive ketones (excluding diaryl/α,β-unsaturated/α-hetero) is 1. The Hall–Kier alpha value is -4.39. The second-order valence-electron chi connectivity index (χ2n) is 9.35. The topological polar surface area (TPSA) is 82.6 Å². The number of para-hydroxylation sites is 1. The van der Waals surface area contributed by atoms with Crippen molar-refractivity contribution in [1.29, 1.82) is 0 Å². The van der Waals surface area contributed by atoms with E-state index in [1.807, 2.05) is 38.1 Å². The van der Waals surface area contributed by atoms with E-state index in [1.165, 1.54) is 17.0 Å². The molecular formula is C30H27FN2O4. The van der Waals surface area contributed by atoms with Gasteiger partial charge in [-0.1, -0.05) is 30.3 Å². The zero-order valence-corrected chi connectivity index (χ0v) is 20.6. The highest BCUT2D eigenvalue weighted by molar-refractivity contribution is 6.46. The van der Waals surface area contributed by atoms with Gasteiger partial charge in [0.25, 0.3) is 11.7 Å². The Morgan fingerprint density at radius 1 is 1.03 bits per heavy atom. The van der Waals surface area contributed by atoms with Crippen LogP contribution in [0.5, 0.6) is 5.75 Å². The van der Waals surface area contributed by atoms with E-state index in [9.17, 15) is 19.1 Å². The number of halogens is 1. The van der Waals surface area contributed by atoms with E-state index in [1.54, 1.807) is 42.6 Å². The average Bonchev–Trinajstić information content (AvgIpc) is 3.42. The summed E-state index contributed by atoms with van der Waals surface area (Å²) in [5, 5.41) is 12.2. The van der Waals surface area contributed by atoms with Gasteiger partial charge in [0.15, 0.2) is 0 Å². The van der Waals surface area contributed by atoms with Crippen LogP contribution in [0.4, 0.5) is 4.39 Å². The van der Waals surface area contributed by atoms with Crippen molar-refractivity contribution in [3.8, 4) is 5.75 Å². The van der Waals surface area contributed by atoms with E-state index >= 15 is 0 Å². The minimum atomic E-state index is -0.789. The predicted molar refractivity (Wildman–Crippen MR) is 140 cm³/mol. The van der Waals surface area contributed by atoms with Crippen LogP contribution in [0, 0.1) is 5.82 Å². The van der Waals surface area contributed by atoms with Gasteiger partial charge in [0.1, 0.15) is 17.3 Å². The molecule has 0 radical (unpaired) electrons. The van der Waals surface area contributed by atoms with Gasteiger partial charge in [0.05, 0.1) is 17.7 Å². The number of nitrogens with zero attached hydrogens (tertiary/aromatic N) is 1. The van der Waals surface area contributed by atoms with E-state index in [2.05, 4.69) is 4.98 Å². The summed E-state index contributed by atoms with van der Waals surface area (Å²) in [4.78, 5) is 31.3. The largest absolute Gasteiger partial charge is 0.507 e. The van der Waals surface area contributed by atoms with Crippen LogP contribution in [0.15, 0.2) is 84.6 Å². The van der Waals surface area contributed by atoms with Crippen molar-refractivity contribution in [2.75, 3.05) is 6.54 Å². The van der Waals surface area contributed by atoms with Crippen LogP contribution in [0.1, 0.15) is 36.6 Å². The quantitative estimate of drug-likeness (QED) is 0.193. The third-order valence-corrected chi connectivity index (χ3v) is 6.51. The van der Waals surface area contributed by atoms with Gasteiger partial charge in [-0.05, 0) is 68.3 Å². The number of aromatic nitrogens is 1. The number of hydrogen-bond acceptors (Lipinski definition) is 4. The minimum Gasteiger partial charge on any atom is -0.507 e. The van der Waals surface area contributed by atoms with Gasteiger partial charge < -0.3 is 19.7 Å². The van der Waals surface area contributed by atoms with Gasteiger partial charge in [0.2, 0.25) is 0 Å². The van der Waals surface area contributed by atoms with E-state index in [4.69, 9.17) is 4.74 Å². The molecule has 0 aliphatic carbocycles. The number of carbonyl (C=O) groups excluding carboxylic acids is 2. The number of benzene rings is 3. The fourth-order valence-corrected chi connectivity index (χ4v) is 4.77. The highest BCUT2D eigenvalue weighted by atomic mass is 19.1. The van der Waals surface area contributed by atoms with Crippen LogP contribution >= 0.6 is 0 Å². The molecule has 1 amide bonds. The monoisotopic (exact) mass is 498 g/mol. The molecule has 4 aromatic rings. The van der Waals surface area contributed by atoms with Crippen molar-refractivity contribution >= 4 is 28.4 Å². The molecule has 0 saturated carbocycles. The Bertz CT molecular complexity index is 1490. The number of ketones is 1. The number of likely N-dealkylation sites (tertiary alicyclic amines) is 1. The zero-order valence-electron chi connectivity index (χ0n) is 20.6. The summed E-state index contributed by atoms with van der Waals surface area (Å²) in [7, 11) is 0. The molecule has 37 heavy (non-hydrogen) atoms. The Morgan fingerprint density at radius 2 is 1.73 bits per heavy atom. The molecule has 3 aromatic carbocycles. The van der Waals surface area contributed by atoms with Gasteiger partial charge in [-0.25, -0.2) is 4.39 Å². The Kier molecular flexibility index (Phi) is 6.53. The molecule has 1 aliphatic heterocycles. The molecule has 1 aromatic heterocycles. The van der Waals surface area contributed by atoms with Gasteiger partial charge in [-0.15, -0.1) is 0 Å². The fourth-order valence-electron chi connectivity index (χ4n) is 4.77. The van der Waals surface area contributed by atoms with Crippen molar-refractivity contribution < 1.29 is 23.8 Å². The molecule has 1 unspecified atom stereocenters. The summed E-state index contributed by atoms with van der Waals surface area (Å²) in [6.45, 7) is 4.06. The lowest BCUT2D eigenvalue weighted by Gasteiger charge is -2.25. The van der Waals surface area contributed by atoms with Crippen molar-refractivity contribution in [3.63, 3.8) is 0 Å². The van der Waals surface area contributed by atoms with Crippen molar-refractivity contribution in [2.45, 2.75) is 32.4 Å². The predicted octanol–water partition coefficient (Wildman–Crippen LogP) is 5.76. The van der Waals surface area contributed by atoms with Crippen LogP contribution in [-0.4, -0.2) is 39.3 Å². The van der Waals surface area contributed by atoms with E-state index < -0.39 is 17.7 Å². The third kappa shape index (κ3) is 4.72. The summed E-state index contributed by atoms with van der Waals surface area (Å²) < 4.78 is 19.1. The number of rotatable bonds is 7. The number of amides is 1. The SMILES string of the molecule is CC(C)Oc1ccc(/C(O)=C2\C(=O)C(=O)N(CCc3ccc(F)cc3)C2c2c[nH]c3ccccc23)cc1.